The summed E-state index contributed by atoms with van der Waals surface area (Å²) in [6.45, 7) is 7.89. The van der Waals surface area contributed by atoms with Gasteiger partial charge in [-0.05, 0) is 69.7 Å². The summed E-state index contributed by atoms with van der Waals surface area (Å²) in [6, 6.07) is 15.2. The molecule has 0 saturated carbocycles. The molecule has 0 unspecified atom stereocenters. The summed E-state index contributed by atoms with van der Waals surface area (Å²) in [7, 11) is 0. The smallest absolute Gasteiger partial charge is 0.407 e. The summed E-state index contributed by atoms with van der Waals surface area (Å²) in [4.78, 5) is 11.7. The molecule has 0 saturated heterocycles. The second kappa shape index (κ2) is 8.67. The van der Waals surface area contributed by atoms with E-state index in [1.165, 1.54) is 0 Å². The third-order valence-corrected chi connectivity index (χ3v) is 3.45. The van der Waals surface area contributed by atoms with E-state index in [1.807, 2.05) is 76.2 Å². The molecular weight excluding hydrogens is 348 g/mol. The molecule has 0 aliphatic heterocycles. The molecule has 6 heteroatoms. The topological polar surface area (TPSA) is 59.6 Å². The van der Waals surface area contributed by atoms with Crippen LogP contribution in [0.4, 0.5) is 10.5 Å². The lowest BCUT2D eigenvalue weighted by Crippen LogP contribution is -2.32. The van der Waals surface area contributed by atoms with Gasteiger partial charge in [0.15, 0.2) is 0 Å². The summed E-state index contributed by atoms with van der Waals surface area (Å²) < 4.78 is 10.8. The maximum Gasteiger partial charge on any atom is 0.407 e. The maximum atomic E-state index is 11.7. The minimum absolute atomic E-state index is 0.272. The van der Waals surface area contributed by atoms with Crippen LogP contribution in [0.1, 0.15) is 31.9 Å². The number of nitrogens with one attached hydrogen (secondary N) is 2. The molecule has 0 aromatic heterocycles. The highest BCUT2D eigenvalue weighted by atomic mass is 32.1. The Labute approximate surface area is 159 Å². The quantitative estimate of drug-likeness (QED) is 0.755. The van der Waals surface area contributed by atoms with Crippen LogP contribution in [0.2, 0.25) is 0 Å². The number of aryl methyl sites for hydroxylation is 1. The van der Waals surface area contributed by atoms with E-state index in [1.54, 1.807) is 0 Å². The summed E-state index contributed by atoms with van der Waals surface area (Å²) in [5.74, 6) is 0.686. The van der Waals surface area contributed by atoms with Crippen molar-refractivity contribution in [1.82, 2.24) is 5.32 Å². The van der Waals surface area contributed by atoms with Crippen molar-refractivity contribution in [2.75, 3.05) is 5.32 Å². The number of amides is 1. The number of ether oxygens (including phenoxy) is 2. The molecular formula is C20H24N2O3S. The lowest BCUT2D eigenvalue weighted by molar-refractivity contribution is 0.0523. The molecule has 0 spiro atoms. The van der Waals surface area contributed by atoms with Crippen molar-refractivity contribution in [3.8, 4) is 5.75 Å². The Morgan fingerprint density at radius 2 is 1.65 bits per heavy atom. The highest BCUT2D eigenvalue weighted by Crippen LogP contribution is 2.14. The van der Waals surface area contributed by atoms with Crippen LogP contribution < -0.4 is 15.4 Å². The van der Waals surface area contributed by atoms with Crippen LogP contribution >= 0.6 is 12.2 Å². The first-order chi connectivity index (χ1) is 12.2. The summed E-state index contributed by atoms with van der Waals surface area (Å²) >= 11 is 5.21. The number of anilines is 1. The van der Waals surface area contributed by atoms with E-state index >= 15 is 0 Å². The molecule has 0 atom stereocenters. The van der Waals surface area contributed by atoms with E-state index in [0.29, 0.717) is 12.3 Å². The Kier molecular flexibility index (Phi) is 6.58. The summed E-state index contributed by atoms with van der Waals surface area (Å²) in [6.07, 6.45) is -0.438. The van der Waals surface area contributed by atoms with Crippen LogP contribution in [-0.4, -0.2) is 16.9 Å². The van der Waals surface area contributed by atoms with Crippen LogP contribution in [0, 0.1) is 6.92 Å². The number of carbonyl (C=O) groups is 1. The molecule has 0 aliphatic rings. The van der Waals surface area contributed by atoms with Gasteiger partial charge in [0.25, 0.3) is 5.17 Å². The van der Waals surface area contributed by atoms with Gasteiger partial charge in [0.1, 0.15) is 11.4 Å². The van der Waals surface area contributed by atoms with Gasteiger partial charge in [-0.2, -0.15) is 0 Å². The minimum Gasteiger partial charge on any atom is -0.444 e. The van der Waals surface area contributed by atoms with Gasteiger partial charge in [-0.15, -0.1) is 0 Å². The minimum atomic E-state index is -0.509. The second-order valence-electron chi connectivity index (χ2n) is 6.88. The van der Waals surface area contributed by atoms with Crippen molar-refractivity contribution in [3.63, 3.8) is 0 Å². The molecule has 2 aromatic rings. The Morgan fingerprint density at radius 3 is 2.23 bits per heavy atom. The first kappa shape index (κ1) is 19.7. The monoisotopic (exact) mass is 372 g/mol. The number of benzene rings is 2. The SMILES string of the molecule is Cc1ccc(OC(=S)Nc2ccc(CNC(=O)OC(C)(C)C)cc2)cc1. The van der Waals surface area contributed by atoms with Crippen LogP contribution in [0.5, 0.6) is 5.75 Å². The average Bonchev–Trinajstić information content (AvgIpc) is 2.55. The van der Waals surface area contributed by atoms with Gasteiger partial charge in [-0.1, -0.05) is 29.8 Å². The zero-order valence-electron chi connectivity index (χ0n) is 15.5. The molecule has 138 valence electrons. The summed E-state index contributed by atoms with van der Waals surface area (Å²) in [5.41, 5.74) is 2.41. The largest absolute Gasteiger partial charge is 0.444 e. The molecule has 2 aromatic carbocycles. The lowest BCUT2D eigenvalue weighted by atomic mass is 10.2. The van der Waals surface area contributed by atoms with Crippen molar-refractivity contribution in [2.45, 2.75) is 39.8 Å². The Morgan fingerprint density at radius 1 is 1.04 bits per heavy atom. The number of carbonyl (C=O) groups excluding carboxylic acids is 1. The fourth-order valence-corrected chi connectivity index (χ4v) is 2.27. The fraction of sp³-hybridized carbons (Fsp3) is 0.300. The predicted molar refractivity (Wildman–Crippen MR) is 108 cm³/mol. The summed E-state index contributed by atoms with van der Waals surface area (Å²) in [5, 5.41) is 6.02. The normalized spacial score (nSPS) is 10.8. The molecule has 0 fully saturated rings. The molecule has 0 bridgehead atoms. The molecule has 2 N–H and O–H groups in total. The number of thiocarbonyl (C=S) groups is 1. The third kappa shape index (κ3) is 7.11. The maximum absolute atomic E-state index is 11.7. The first-order valence-electron chi connectivity index (χ1n) is 8.32. The first-order valence-corrected chi connectivity index (χ1v) is 8.73. The number of hydrogen-bond acceptors (Lipinski definition) is 4. The number of rotatable bonds is 4. The van der Waals surface area contributed by atoms with Gasteiger partial charge >= 0.3 is 6.09 Å². The van der Waals surface area contributed by atoms with E-state index in [2.05, 4.69) is 10.6 Å². The molecule has 1 amide bonds. The van der Waals surface area contributed by atoms with E-state index in [-0.39, 0.29) is 5.17 Å². The highest BCUT2D eigenvalue weighted by molar-refractivity contribution is 7.80. The molecule has 2 rings (SSSR count). The van der Waals surface area contributed by atoms with E-state index in [0.717, 1.165) is 16.8 Å². The third-order valence-electron chi connectivity index (χ3n) is 3.27. The average molecular weight is 372 g/mol. The zero-order valence-corrected chi connectivity index (χ0v) is 16.3. The van der Waals surface area contributed by atoms with E-state index < -0.39 is 11.7 Å². The predicted octanol–water partition coefficient (Wildman–Crippen LogP) is 4.80. The van der Waals surface area contributed by atoms with Crippen LogP contribution in [0.25, 0.3) is 0 Å². The Hall–Kier alpha value is -2.60. The highest BCUT2D eigenvalue weighted by Gasteiger charge is 2.15. The molecule has 5 nitrogen and oxygen atoms in total. The molecule has 0 heterocycles. The van der Waals surface area contributed by atoms with Crippen molar-refractivity contribution >= 4 is 29.2 Å². The number of alkyl carbamates (subject to hydrolysis) is 1. The lowest BCUT2D eigenvalue weighted by Gasteiger charge is -2.19. The van der Waals surface area contributed by atoms with Gasteiger partial charge < -0.3 is 20.1 Å². The second-order valence-corrected chi connectivity index (χ2v) is 7.25. The zero-order chi connectivity index (χ0) is 19.2. The van der Waals surface area contributed by atoms with E-state index in [4.69, 9.17) is 21.7 Å². The van der Waals surface area contributed by atoms with Gasteiger partial charge in [0.2, 0.25) is 0 Å². The standard InChI is InChI=1S/C20H24N2O3S/c1-14-5-11-17(12-6-14)24-19(26)22-16-9-7-15(8-10-16)13-21-18(23)25-20(2,3)4/h5-12H,13H2,1-4H3,(H,21,23)(H,22,26). The molecule has 0 radical (unpaired) electrons. The van der Waals surface area contributed by atoms with Crippen LogP contribution in [-0.2, 0) is 11.3 Å². The van der Waals surface area contributed by atoms with E-state index in [9.17, 15) is 4.79 Å². The van der Waals surface area contributed by atoms with Gasteiger partial charge in [0, 0.05) is 12.2 Å². The van der Waals surface area contributed by atoms with Gasteiger partial charge in [-0.3, -0.25) is 0 Å². The van der Waals surface area contributed by atoms with Gasteiger partial charge in [0.05, 0.1) is 0 Å². The fourth-order valence-electron chi connectivity index (χ4n) is 2.05. The Balaban J connectivity index is 1.82. The van der Waals surface area contributed by atoms with Crippen LogP contribution in [0.3, 0.4) is 0 Å². The molecule has 0 aliphatic carbocycles. The van der Waals surface area contributed by atoms with Crippen molar-refractivity contribution in [2.24, 2.45) is 0 Å². The Bertz CT molecular complexity index is 750. The van der Waals surface area contributed by atoms with Gasteiger partial charge in [-0.25, -0.2) is 4.79 Å². The van der Waals surface area contributed by atoms with Crippen molar-refractivity contribution in [1.29, 1.82) is 0 Å². The van der Waals surface area contributed by atoms with Crippen LogP contribution in [0.15, 0.2) is 48.5 Å². The van der Waals surface area contributed by atoms with Crippen molar-refractivity contribution < 1.29 is 14.3 Å². The van der Waals surface area contributed by atoms with Crippen molar-refractivity contribution in [3.05, 3.63) is 59.7 Å². The number of hydrogen-bond donors (Lipinski definition) is 2. The molecule has 26 heavy (non-hydrogen) atoms.